The smallest absolute Gasteiger partial charge is 0.352 e. The van der Waals surface area contributed by atoms with Crippen LogP contribution in [-0.4, -0.2) is 53.1 Å². The fraction of sp³-hybridized carbons (Fsp3) is 0.556. The zero-order valence-electron chi connectivity index (χ0n) is 15.9. The largest absolute Gasteiger partial charge is 0.449 e. The summed E-state index contributed by atoms with van der Waals surface area (Å²) in [5.74, 6) is -1.60. The molecule has 1 fully saturated rings. The Hall–Kier alpha value is -2.14. The van der Waals surface area contributed by atoms with Gasteiger partial charge >= 0.3 is 6.18 Å². The van der Waals surface area contributed by atoms with Crippen molar-refractivity contribution in [2.75, 3.05) is 18.8 Å². The molecule has 1 aromatic heterocycles. The number of aromatic nitrogens is 2. The van der Waals surface area contributed by atoms with Gasteiger partial charge in [-0.3, -0.25) is 4.79 Å². The molecule has 1 aliphatic rings. The van der Waals surface area contributed by atoms with E-state index in [9.17, 15) is 26.4 Å². The van der Waals surface area contributed by atoms with Gasteiger partial charge in [-0.25, -0.2) is 17.7 Å². The van der Waals surface area contributed by atoms with Gasteiger partial charge in [-0.1, -0.05) is 19.1 Å². The normalized spacial score (nSPS) is 17.0. The first-order valence-electron chi connectivity index (χ1n) is 9.41. The van der Waals surface area contributed by atoms with E-state index in [1.54, 1.807) is 19.1 Å². The van der Waals surface area contributed by atoms with Crippen molar-refractivity contribution >= 4 is 27.0 Å². The number of halogens is 3. The SMILES string of the molecule is CCCS(=O)(=O)N1CCC(NC(=O)Cn2c(C(F)(F)F)nc3ccccc32)CC1. The molecular weight excluding hydrogens is 409 g/mol. The number of hydrogen-bond donors (Lipinski definition) is 1. The number of amides is 1. The minimum atomic E-state index is -4.68. The molecule has 2 aromatic rings. The van der Waals surface area contributed by atoms with Gasteiger partial charge in [0.2, 0.25) is 21.8 Å². The Kier molecular flexibility index (Phi) is 6.18. The first-order chi connectivity index (χ1) is 13.6. The lowest BCUT2D eigenvalue weighted by Crippen LogP contribution is -2.47. The number of benzene rings is 1. The number of para-hydroxylation sites is 2. The standard InChI is InChI=1S/C18H23F3N4O3S/c1-2-11-29(27,28)24-9-7-13(8-10-24)22-16(26)12-25-15-6-4-3-5-14(15)23-17(25)18(19,20)21/h3-6,13H,2,7-12H2,1H3,(H,22,26). The molecule has 7 nitrogen and oxygen atoms in total. The Morgan fingerprint density at radius 3 is 2.52 bits per heavy atom. The Bertz CT molecular complexity index is 980. The van der Waals surface area contributed by atoms with Gasteiger partial charge in [0.1, 0.15) is 6.54 Å². The van der Waals surface area contributed by atoms with Gasteiger partial charge < -0.3 is 9.88 Å². The van der Waals surface area contributed by atoms with Crippen LogP contribution < -0.4 is 5.32 Å². The molecule has 2 heterocycles. The van der Waals surface area contributed by atoms with Gasteiger partial charge in [0.25, 0.3) is 0 Å². The average molecular weight is 432 g/mol. The molecule has 0 unspecified atom stereocenters. The molecule has 160 valence electrons. The van der Waals surface area contributed by atoms with E-state index in [2.05, 4.69) is 10.3 Å². The number of alkyl halides is 3. The maximum atomic E-state index is 13.3. The van der Waals surface area contributed by atoms with E-state index in [-0.39, 0.29) is 35.9 Å². The van der Waals surface area contributed by atoms with Crippen molar-refractivity contribution in [1.29, 1.82) is 0 Å². The second-order valence-electron chi connectivity index (χ2n) is 7.06. The fourth-order valence-electron chi connectivity index (χ4n) is 3.53. The molecule has 11 heteroatoms. The maximum absolute atomic E-state index is 13.3. The second-order valence-corrected chi connectivity index (χ2v) is 9.15. The van der Waals surface area contributed by atoms with Crippen LogP contribution in [0.25, 0.3) is 11.0 Å². The molecule has 3 rings (SSSR count). The van der Waals surface area contributed by atoms with E-state index in [1.165, 1.54) is 16.4 Å². The number of fused-ring (bicyclic) bond motifs is 1. The molecule has 29 heavy (non-hydrogen) atoms. The lowest BCUT2D eigenvalue weighted by molar-refractivity contribution is -0.147. The number of carbonyl (C=O) groups is 1. The monoisotopic (exact) mass is 432 g/mol. The Morgan fingerprint density at radius 1 is 1.24 bits per heavy atom. The second kappa shape index (κ2) is 8.31. The summed E-state index contributed by atoms with van der Waals surface area (Å²) in [4.78, 5) is 16.0. The predicted octanol–water partition coefficient (Wildman–Crippen LogP) is 2.38. The Morgan fingerprint density at radius 2 is 1.90 bits per heavy atom. The van der Waals surface area contributed by atoms with Gasteiger partial charge in [0.05, 0.1) is 16.8 Å². The first-order valence-corrected chi connectivity index (χ1v) is 11.0. The summed E-state index contributed by atoms with van der Waals surface area (Å²) >= 11 is 0. The number of sulfonamides is 1. The average Bonchev–Trinajstić information content (AvgIpc) is 3.01. The molecule has 0 aliphatic carbocycles. The highest BCUT2D eigenvalue weighted by Gasteiger charge is 2.38. The quantitative estimate of drug-likeness (QED) is 0.760. The maximum Gasteiger partial charge on any atom is 0.449 e. The summed E-state index contributed by atoms with van der Waals surface area (Å²) in [6.45, 7) is 1.85. The predicted molar refractivity (Wildman–Crippen MR) is 102 cm³/mol. The molecule has 0 atom stereocenters. The number of imidazole rings is 1. The van der Waals surface area contributed by atoms with Crippen LogP contribution in [0.2, 0.25) is 0 Å². The summed E-state index contributed by atoms with van der Waals surface area (Å²) in [6.07, 6.45) is -3.31. The molecule has 1 amide bonds. The summed E-state index contributed by atoms with van der Waals surface area (Å²) in [6, 6.07) is 5.85. The fourth-order valence-corrected chi connectivity index (χ4v) is 5.08. The van der Waals surface area contributed by atoms with E-state index in [4.69, 9.17) is 0 Å². The lowest BCUT2D eigenvalue weighted by Gasteiger charge is -2.31. The molecular formula is C18H23F3N4O3S. The third kappa shape index (κ3) is 4.89. The summed E-state index contributed by atoms with van der Waals surface area (Å²) in [7, 11) is -3.29. The molecule has 1 aromatic carbocycles. The van der Waals surface area contributed by atoms with Crippen LogP contribution >= 0.6 is 0 Å². The highest BCUT2D eigenvalue weighted by atomic mass is 32.2. The van der Waals surface area contributed by atoms with Gasteiger partial charge in [-0.15, -0.1) is 0 Å². The minimum Gasteiger partial charge on any atom is -0.352 e. The van der Waals surface area contributed by atoms with E-state index in [0.29, 0.717) is 19.3 Å². The first kappa shape index (κ1) is 21.6. The Balaban J connectivity index is 1.67. The van der Waals surface area contributed by atoms with Gasteiger partial charge in [0, 0.05) is 19.1 Å². The van der Waals surface area contributed by atoms with E-state index in [1.807, 2.05) is 0 Å². The number of carbonyl (C=O) groups excluding carboxylic acids is 1. The highest BCUT2D eigenvalue weighted by Crippen LogP contribution is 2.31. The molecule has 1 N–H and O–H groups in total. The highest BCUT2D eigenvalue weighted by molar-refractivity contribution is 7.89. The number of hydrogen-bond acceptors (Lipinski definition) is 4. The summed E-state index contributed by atoms with van der Waals surface area (Å²) < 4.78 is 66.5. The van der Waals surface area contributed by atoms with Crippen molar-refractivity contribution in [2.45, 2.75) is 44.9 Å². The van der Waals surface area contributed by atoms with Gasteiger partial charge in [-0.2, -0.15) is 13.2 Å². The topological polar surface area (TPSA) is 84.3 Å². The van der Waals surface area contributed by atoms with Crippen LogP contribution in [0.1, 0.15) is 32.0 Å². The minimum absolute atomic E-state index is 0.0813. The molecule has 0 bridgehead atoms. The molecule has 0 spiro atoms. The van der Waals surface area contributed by atoms with Crippen LogP contribution in [0, 0.1) is 0 Å². The van der Waals surface area contributed by atoms with Crippen molar-refractivity contribution in [3.63, 3.8) is 0 Å². The third-order valence-corrected chi connectivity index (χ3v) is 6.96. The molecule has 0 saturated carbocycles. The number of piperidine rings is 1. The van der Waals surface area contributed by atoms with Crippen LogP contribution in [0.4, 0.5) is 13.2 Å². The van der Waals surface area contributed by atoms with Crippen molar-refractivity contribution in [3.8, 4) is 0 Å². The van der Waals surface area contributed by atoms with E-state index in [0.717, 1.165) is 4.57 Å². The van der Waals surface area contributed by atoms with Crippen molar-refractivity contribution in [2.24, 2.45) is 0 Å². The zero-order chi connectivity index (χ0) is 21.2. The van der Waals surface area contributed by atoms with Gasteiger partial charge in [-0.05, 0) is 31.4 Å². The summed E-state index contributed by atoms with van der Waals surface area (Å²) in [5.41, 5.74) is 0.400. The van der Waals surface area contributed by atoms with E-state index >= 15 is 0 Å². The molecule has 1 saturated heterocycles. The lowest BCUT2D eigenvalue weighted by atomic mass is 10.1. The Labute approximate surface area is 166 Å². The number of nitrogens with one attached hydrogen (secondary N) is 1. The summed E-state index contributed by atoms with van der Waals surface area (Å²) in [5, 5.41) is 2.73. The number of nitrogens with zero attached hydrogens (tertiary/aromatic N) is 3. The molecule has 0 radical (unpaired) electrons. The van der Waals surface area contributed by atoms with Crippen LogP contribution in [0.3, 0.4) is 0 Å². The van der Waals surface area contributed by atoms with Crippen LogP contribution in [-0.2, 0) is 27.5 Å². The third-order valence-electron chi connectivity index (χ3n) is 4.88. The van der Waals surface area contributed by atoms with Crippen molar-refractivity contribution in [1.82, 2.24) is 19.2 Å². The number of rotatable bonds is 6. The van der Waals surface area contributed by atoms with Crippen LogP contribution in [0.15, 0.2) is 24.3 Å². The zero-order valence-corrected chi connectivity index (χ0v) is 16.8. The van der Waals surface area contributed by atoms with E-state index < -0.39 is 34.5 Å². The van der Waals surface area contributed by atoms with Crippen molar-refractivity contribution < 1.29 is 26.4 Å². The van der Waals surface area contributed by atoms with Crippen LogP contribution in [0.5, 0.6) is 0 Å². The molecule has 1 aliphatic heterocycles. The van der Waals surface area contributed by atoms with Gasteiger partial charge in [0.15, 0.2) is 0 Å². The van der Waals surface area contributed by atoms with Crippen molar-refractivity contribution in [3.05, 3.63) is 30.1 Å².